The molecule has 15 heavy (non-hydrogen) atoms. The lowest BCUT2D eigenvalue weighted by Crippen LogP contribution is -2.22. The van der Waals surface area contributed by atoms with Crippen molar-refractivity contribution in [2.75, 3.05) is 17.6 Å². The van der Waals surface area contributed by atoms with Crippen LogP contribution in [0.25, 0.3) is 0 Å². The summed E-state index contributed by atoms with van der Waals surface area (Å²) < 4.78 is 0.837. The smallest absolute Gasteiger partial charge is 0.221 e. The van der Waals surface area contributed by atoms with Gasteiger partial charge in [0.25, 0.3) is 0 Å². The quantitative estimate of drug-likeness (QED) is 0.885. The minimum absolute atomic E-state index is 0.249. The summed E-state index contributed by atoms with van der Waals surface area (Å²) in [6.07, 6.45) is 2.77. The number of nitrogens with two attached hydrogens (primary N) is 1. The molecule has 5 heteroatoms. The minimum Gasteiger partial charge on any atom is -0.368 e. The number of hydrogen-bond donors (Lipinski definition) is 2. The zero-order valence-corrected chi connectivity index (χ0v) is 10.9. The maximum atomic E-state index is 5.52. The highest BCUT2D eigenvalue weighted by Gasteiger charge is 2.15. The van der Waals surface area contributed by atoms with Crippen LogP contribution in [0.15, 0.2) is 10.7 Å². The van der Waals surface area contributed by atoms with Crippen molar-refractivity contribution in [3.8, 4) is 0 Å². The highest BCUT2D eigenvalue weighted by molar-refractivity contribution is 9.10. The van der Waals surface area contributed by atoms with Gasteiger partial charge < -0.3 is 11.1 Å². The molecule has 0 fully saturated rings. The monoisotopic (exact) mass is 272 g/mol. The molecule has 0 aromatic carbocycles. The van der Waals surface area contributed by atoms with Crippen molar-refractivity contribution >= 4 is 27.7 Å². The second-order valence-electron chi connectivity index (χ2n) is 4.30. The summed E-state index contributed by atoms with van der Waals surface area (Å²) in [7, 11) is 0. The summed E-state index contributed by atoms with van der Waals surface area (Å²) in [5, 5.41) is 3.27. The number of halogens is 1. The Balaban J connectivity index is 2.69. The second kappa shape index (κ2) is 4.79. The summed E-state index contributed by atoms with van der Waals surface area (Å²) in [6.45, 7) is 7.44. The zero-order chi connectivity index (χ0) is 11.5. The Morgan fingerprint density at radius 1 is 1.53 bits per heavy atom. The molecule has 1 aromatic heterocycles. The lowest BCUT2D eigenvalue weighted by molar-refractivity contribution is 0.376. The number of aromatic nitrogens is 2. The molecule has 0 aliphatic heterocycles. The van der Waals surface area contributed by atoms with E-state index >= 15 is 0 Å². The van der Waals surface area contributed by atoms with Gasteiger partial charge in [-0.25, -0.2) is 4.98 Å². The molecule has 84 valence electrons. The van der Waals surface area contributed by atoms with Crippen LogP contribution in [0.1, 0.15) is 27.2 Å². The number of nitrogens with one attached hydrogen (secondary N) is 1. The highest BCUT2D eigenvalue weighted by atomic mass is 79.9. The van der Waals surface area contributed by atoms with Gasteiger partial charge in [0.05, 0.1) is 4.47 Å². The van der Waals surface area contributed by atoms with Crippen molar-refractivity contribution in [1.82, 2.24) is 9.97 Å². The maximum Gasteiger partial charge on any atom is 0.221 e. The molecule has 4 nitrogen and oxygen atoms in total. The van der Waals surface area contributed by atoms with E-state index in [9.17, 15) is 0 Å². The lowest BCUT2D eigenvalue weighted by atomic mass is 9.90. The Kier molecular flexibility index (Phi) is 3.90. The fraction of sp³-hybridized carbons (Fsp3) is 0.600. The van der Waals surface area contributed by atoms with Crippen LogP contribution in [-0.4, -0.2) is 16.5 Å². The normalized spacial score (nSPS) is 11.5. The molecule has 0 aliphatic rings. The van der Waals surface area contributed by atoms with Crippen molar-refractivity contribution in [1.29, 1.82) is 0 Å². The Morgan fingerprint density at radius 2 is 2.20 bits per heavy atom. The molecule has 0 saturated carbocycles. The van der Waals surface area contributed by atoms with E-state index in [2.05, 4.69) is 52.0 Å². The summed E-state index contributed by atoms with van der Waals surface area (Å²) in [4.78, 5) is 8.00. The van der Waals surface area contributed by atoms with Gasteiger partial charge in [-0.1, -0.05) is 20.8 Å². The Bertz CT molecular complexity index is 338. The maximum absolute atomic E-state index is 5.52. The van der Waals surface area contributed by atoms with Crippen molar-refractivity contribution < 1.29 is 0 Å². The van der Waals surface area contributed by atoms with Crippen LogP contribution in [0.2, 0.25) is 0 Å². The Morgan fingerprint density at radius 3 is 2.80 bits per heavy atom. The molecule has 0 bridgehead atoms. The third kappa shape index (κ3) is 3.66. The van der Waals surface area contributed by atoms with E-state index in [-0.39, 0.29) is 11.4 Å². The fourth-order valence-electron chi connectivity index (χ4n) is 0.953. The van der Waals surface area contributed by atoms with E-state index < -0.39 is 0 Å². The standard InChI is InChI=1S/C10H17BrN4/c1-4-10(2,3)6-14-8-7(11)5-13-9(12)15-8/h5H,4,6H2,1-3H3,(H3,12,13,14,15). The van der Waals surface area contributed by atoms with Crippen LogP contribution in [0, 0.1) is 5.41 Å². The predicted octanol–water partition coefficient (Wildman–Crippen LogP) is 2.67. The fourth-order valence-corrected chi connectivity index (χ4v) is 1.28. The summed E-state index contributed by atoms with van der Waals surface area (Å²) in [5.74, 6) is 1.04. The van der Waals surface area contributed by atoms with Gasteiger partial charge in [0.1, 0.15) is 5.82 Å². The van der Waals surface area contributed by atoms with E-state index in [0.29, 0.717) is 0 Å². The minimum atomic E-state index is 0.249. The molecule has 0 saturated heterocycles. The zero-order valence-electron chi connectivity index (χ0n) is 9.34. The van der Waals surface area contributed by atoms with E-state index in [1.54, 1.807) is 6.20 Å². The van der Waals surface area contributed by atoms with E-state index in [4.69, 9.17) is 5.73 Å². The average molecular weight is 273 g/mol. The average Bonchev–Trinajstić information content (AvgIpc) is 2.20. The number of rotatable bonds is 4. The molecule has 1 heterocycles. The predicted molar refractivity (Wildman–Crippen MR) is 66.7 cm³/mol. The molecular formula is C10H17BrN4. The summed E-state index contributed by atoms with van der Waals surface area (Å²) in [6, 6.07) is 0. The number of hydrogen-bond acceptors (Lipinski definition) is 4. The SMILES string of the molecule is CCC(C)(C)CNc1nc(N)ncc1Br. The van der Waals surface area contributed by atoms with Crippen LogP contribution in [0.4, 0.5) is 11.8 Å². The third-order valence-corrected chi connectivity index (χ3v) is 3.03. The number of nitrogen functional groups attached to an aromatic ring is 1. The first kappa shape index (κ1) is 12.2. The highest BCUT2D eigenvalue weighted by Crippen LogP contribution is 2.23. The topological polar surface area (TPSA) is 63.8 Å². The first-order valence-electron chi connectivity index (χ1n) is 4.96. The number of anilines is 2. The van der Waals surface area contributed by atoms with Crippen LogP contribution < -0.4 is 11.1 Å². The van der Waals surface area contributed by atoms with Gasteiger partial charge >= 0.3 is 0 Å². The number of nitrogens with zero attached hydrogens (tertiary/aromatic N) is 2. The van der Waals surface area contributed by atoms with Gasteiger partial charge in [-0.05, 0) is 27.8 Å². The molecular weight excluding hydrogens is 256 g/mol. The molecule has 0 radical (unpaired) electrons. The largest absolute Gasteiger partial charge is 0.368 e. The Hall–Kier alpha value is -0.840. The van der Waals surface area contributed by atoms with E-state index in [1.807, 2.05) is 0 Å². The molecule has 0 unspecified atom stereocenters. The third-order valence-electron chi connectivity index (χ3n) is 2.45. The first-order valence-corrected chi connectivity index (χ1v) is 5.76. The van der Waals surface area contributed by atoms with Crippen molar-refractivity contribution in [3.63, 3.8) is 0 Å². The molecule has 0 amide bonds. The van der Waals surface area contributed by atoms with Gasteiger partial charge in [0.15, 0.2) is 0 Å². The second-order valence-corrected chi connectivity index (χ2v) is 5.15. The van der Waals surface area contributed by atoms with Crippen LogP contribution in [-0.2, 0) is 0 Å². The van der Waals surface area contributed by atoms with Crippen LogP contribution >= 0.6 is 15.9 Å². The molecule has 0 spiro atoms. The lowest BCUT2D eigenvalue weighted by Gasteiger charge is -2.23. The van der Waals surface area contributed by atoms with Crippen molar-refractivity contribution in [2.24, 2.45) is 5.41 Å². The van der Waals surface area contributed by atoms with E-state index in [1.165, 1.54) is 0 Å². The van der Waals surface area contributed by atoms with Crippen molar-refractivity contribution in [3.05, 3.63) is 10.7 Å². The molecule has 1 rings (SSSR count). The van der Waals surface area contributed by atoms with Crippen molar-refractivity contribution in [2.45, 2.75) is 27.2 Å². The van der Waals surface area contributed by atoms with Gasteiger partial charge in [0.2, 0.25) is 5.95 Å². The molecule has 0 aliphatic carbocycles. The first-order chi connectivity index (χ1) is 6.94. The molecule has 0 atom stereocenters. The molecule has 3 N–H and O–H groups in total. The van der Waals surface area contributed by atoms with Gasteiger partial charge in [-0.2, -0.15) is 4.98 Å². The van der Waals surface area contributed by atoms with Gasteiger partial charge in [-0.3, -0.25) is 0 Å². The van der Waals surface area contributed by atoms with Crippen LogP contribution in [0.3, 0.4) is 0 Å². The van der Waals surface area contributed by atoms with Gasteiger partial charge in [0, 0.05) is 12.7 Å². The Labute approximate surface area is 98.8 Å². The van der Waals surface area contributed by atoms with Gasteiger partial charge in [-0.15, -0.1) is 0 Å². The molecule has 1 aromatic rings. The van der Waals surface area contributed by atoms with E-state index in [0.717, 1.165) is 23.3 Å². The van der Waals surface area contributed by atoms with Crippen LogP contribution in [0.5, 0.6) is 0 Å². The summed E-state index contributed by atoms with van der Waals surface area (Å²) in [5.41, 5.74) is 5.77. The summed E-state index contributed by atoms with van der Waals surface area (Å²) >= 11 is 3.38.